The highest BCUT2D eigenvalue weighted by molar-refractivity contribution is 6.31. The van der Waals surface area contributed by atoms with Gasteiger partial charge in [-0.1, -0.05) is 25.4 Å². The Bertz CT molecular complexity index is 549. The molecule has 0 fully saturated rings. The predicted octanol–water partition coefficient (Wildman–Crippen LogP) is 3.83. The molecule has 4 heteroatoms. The molecule has 1 N–H and O–H groups in total. The van der Waals surface area contributed by atoms with E-state index in [0.29, 0.717) is 17.6 Å². The van der Waals surface area contributed by atoms with Crippen molar-refractivity contribution < 1.29 is 4.39 Å². The standard InChI is InChI=1S/C15H18ClFN2/c1-11(2)18-8-12-5-6-19(9-12)10-13-7-14(17)3-4-15(13)16/h3-7,9,11,18H,8,10H2,1-2H3. The van der Waals surface area contributed by atoms with E-state index in [0.717, 1.165) is 12.1 Å². The zero-order valence-electron chi connectivity index (χ0n) is 11.2. The average Bonchev–Trinajstić information content (AvgIpc) is 2.79. The Balaban J connectivity index is 2.05. The third kappa shape index (κ3) is 4.08. The van der Waals surface area contributed by atoms with Gasteiger partial charge in [0.2, 0.25) is 0 Å². The number of hydrogen-bond acceptors (Lipinski definition) is 1. The second-order valence-electron chi connectivity index (χ2n) is 4.96. The highest BCUT2D eigenvalue weighted by Crippen LogP contribution is 2.18. The lowest BCUT2D eigenvalue weighted by molar-refractivity contribution is 0.588. The van der Waals surface area contributed by atoms with Crippen LogP contribution in [0.25, 0.3) is 0 Å². The summed E-state index contributed by atoms with van der Waals surface area (Å²) in [6, 6.07) is 6.97. The lowest BCUT2D eigenvalue weighted by Gasteiger charge is -2.07. The first-order valence-corrected chi connectivity index (χ1v) is 6.74. The average molecular weight is 281 g/mol. The minimum absolute atomic E-state index is 0.256. The van der Waals surface area contributed by atoms with Gasteiger partial charge in [0, 0.05) is 36.5 Å². The van der Waals surface area contributed by atoms with Crippen LogP contribution < -0.4 is 5.32 Å². The van der Waals surface area contributed by atoms with Gasteiger partial charge in [-0.15, -0.1) is 0 Å². The van der Waals surface area contributed by atoms with Gasteiger partial charge in [-0.05, 0) is 35.4 Å². The third-order valence-electron chi connectivity index (χ3n) is 2.89. The van der Waals surface area contributed by atoms with Crippen molar-refractivity contribution in [3.05, 3.63) is 58.6 Å². The highest BCUT2D eigenvalue weighted by Gasteiger charge is 2.04. The van der Waals surface area contributed by atoms with Crippen LogP contribution >= 0.6 is 11.6 Å². The summed E-state index contributed by atoms with van der Waals surface area (Å²) < 4.78 is 15.2. The zero-order chi connectivity index (χ0) is 13.8. The predicted molar refractivity (Wildman–Crippen MR) is 76.9 cm³/mol. The van der Waals surface area contributed by atoms with Crippen molar-refractivity contribution in [2.75, 3.05) is 0 Å². The molecule has 0 saturated carbocycles. The topological polar surface area (TPSA) is 17.0 Å². The molecule has 2 aromatic rings. The van der Waals surface area contributed by atoms with E-state index in [1.54, 1.807) is 6.07 Å². The summed E-state index contributed by atoms with van der Waals surface area (Å²) in [7, 11) is 0. The van der Waals surface area contributed by atoms with Gasteiger partial charge in [-0.25, -0.2) is 4.39 Å². The van der Waals surface area contributed by atoms with E-state index in [-0.39, 0.29) is 5.82 Å². The first-order valence-electron chi connectivity index (χ1n) is 6.36. The summed E-state index contributed by atoms with van der Waals surface area (Å²) in [5, 5.41) is 3.95. The van der Waals surface area contributed by atoms with Crippen molar-refractivity contribution in [2.45, 2.75) is 33.0 Å². The number of rotatable bonds is 5. The largest absolute Gasteiger partial charge is 0.350 e. The van der Waals surface area contributed by atoms with E-state index < -0.39 is 0 Å². The van der Waals surface area contributed by atoms with Crippen molar-refractivity contribution in [3.63, 3.8) is 0 Å². The molecule has 1 aromatic carbocycles. The molecule has 0 aliphatic rings. The van der Waals surface area contributed by atoms with Crippen molar-refractivity contribution in [3.8, 4) is 0 Å². The molecule has 0 saturated heterocycles. The van der Waals surface area contributed by atoms with Gasteiger partial charge in [0.1, 0.15) is 5.82 Å². The Morgan fingerprint density at radius 2 is 2.11 bits per heavy atom. The summed E-state index contributed by atoms with van der Waals surface area (Å²) in [4.78, 5) is 0. The second-order valence-corrected chi connectivity index (χ2v) is 5.37. The van der Waals surface area contributed by atoms with Gasteiger partial charge in [-0.3, -0.25) is 0 Å². The molecule has 0 radical (unpaired) electrons. The fourth-order valence-corrected chi connectivity index (χ4v) is 2.05. The lowest BCUT2D eigenvalue weighted by atomic mass is 10.2. The number of aromatic nitrogens is 1. The maximum absolute atomic E-state index is 13.2. The fraction of sp³-hybridized carbons (Fsp3) is 0.333. The zero-order valence-corrected chi connectivity index (χ0v) is 11.9. The van der Waals surface area contributed by atoms with Crippen molar-refractivity contribution >= 4 is 11.6 Å². The Labute approximate surface area is 118 Å². The van der Waals surface area contributed by atoms with Crippen molar-refractivity contribution in [1.29, 1.82) is 0 Å². The molecular formula is C15H18ClFN2. The molecule has 2 nitrogen and oxygen atoms in total. The fourth-order valence-electron chi connectivity index (χ4n) is 1.88. The first kappa shape index (κ1) is 14.1. The van der Waals surface area contributed by atoms with E-state index in [4.69, 9.17) is 11.6 Å². The van der Waals surface area contributed by atoms with Crippen LogP contribution in [0.15, 0.2) is 36.7 Å². The molecule has 1 aromatic heterocycles. The van der Waals surface area contributed by atoms with E-state index in [1.807, 2.05) is 10.8 Å². The van der Waals surface area contributed by atoms with E-state index in [1.165, 1.54) is 17.7 Å². The highest BCUT2D eigenvalue weighted by atomic mass is 35.5. The molecule has 19 heavy (non-hydrogen) atoms. The number of hydrogen-bond donors (Lipinski definition) is 1. The van der Waals surface area contributed by atoms with Crippen molar-refractivity contribution in [1.82, 2.24) is 9.88 Å². The number of benzene rings is 1. The van der Waals surface area contributed by atoms with Gasteiger partial charge in [0.15, 0.2) is 0 Å². The van der Waals surface area contributed by atoms with Crippen LogP contribution in [0.3, 0.4) is 0 Å². The normalized spacial score (nSPS) is 11.2. The van der Waals surface area contributed by atoms with Gasteiger partial charge in [-0.2, -0.15) is 0 Å². The Kier molecular flexibility index (Phi) is 4.61. The van der Waals surface area contributed by atoms with Crippen LogP contribution in [0.4, 0.5) is 4.39 Å². The summed E-state index contributed by atoms with van der Waals surface area (Å²) in [5.74, 6) is -0.256. The van der Waals surface area contributed by atoms with Crippen molar-refractivity contribution in [2.24, 2.45) is 0 Å². The molecule has 0 aliphatic heterocycles. The van der Waals surface area contributed by atoms with E-state index >= 15 is 0 Å². The summed E-state index contributed by atoms with van der Waals surface area (Å²) in [6.45, 7) is 5.65. The maximum atomic E-state index is 13.2. The molecule has 2 rings (SSSR count). The molecule has 1 heterocycles. The summed E-state index contributed by atoms with van der Waals surface area (Å²) >= 11 is 6.06. The van der Waals surface area contributed by atoms with Crippen LogP contribution in [0, 0.1) is 5.82 Å². The first-order chi connectivity index (χ1) is 9.04. The van der Waals surface area contributed by atoms with Crippen LogP contribution in [0.5, 0.6) is 0 Å². The van der Waals surface area contributed by atoms with Gasteiger partial charge < -0.3 is 9.88 Å². The molecule has 0 unspecified atom stereocenters. The van der Waals surface area contributed by atoms with E-state index in [2.05, 4.69) is 31.4 Å². The smallest absolute Gasteiger partial charge is 0.123 e. The van der Waals surface area contributed by atoms with Gasteiger partial charge in [0.25, 0.3) is 0 Å². The van der Waals surface area contributed by atoms with Crippen LogP contribution in [0.1, 0.15) is 25.0 Å². The maximum Gasteiger partial charge on any atom is 0.123 e. The molecular weight excluding hydrogens is 263 g/mol. The molecule has 0 amide bonds. The summed E-state index contributed by atoms with van der Waals surface area (Å²) in [6.07, 6.45) is 4.04. The number of halogens is 2. The Hall–Kier alpha value is -1.32. The monoisotopic (exact) mass is 280 g/mol. The quantitative estimate of drug-likeness (QED) is 0.881. The number of nitrogens with zero attached hydrogens (tertiary/aromatic N) is 1. The minimum atomic E-state index is -0.256. The molecule has 102 valence electrons. The second kappa shape index (κ2) is 6.22. The van der Waals surface area contributed by atoms with Crippen LogP contribution in [0.2, 0.25) is 5.02 Å². The minimum Gasteiger partial charge on any atom is -0.350 e. The van der Waals surface area contributed by atoms with E-state index in [9.17, 15) is 4.39 Å². The molecule has 0 bridgehead atoms. The number of nitrogens with one attached hydrogen (secondary N) is 1. The summed E-state index contributed by atoms with van der Waals surface area (Å²) in [5.41, 5.74) is 2.00. The SMILES string of the molecule is CC(C)NCc1ccn(Cc2cc(F)ccc2Cl)c1. The van der Waals surface area contributed by atoms with Crippen LogP contribution in [-0.4, -0.2) is 10.6 Å². The lowest BCUT2D eigenvalue weighted by Crippen LogP contribution is -2.21. The Morgan fingerprint density at radius 1 is 1.32 bits per heavy atom. The molecule has 0 atom stereocenters. The third-order valence-corrected chi connectivity index (χ3v) is 3.26. The molecule has 0 aliphatic carbocycles. The molecule has 0 spiro atoms. The van der Waals surface area contributed by atoms with Gasteiger partial charge in [0.05, 0.1) is 0 Å². The van der Waals surface area contributed by atoms with Gasteiger partial charge >= 0.3 is 0 Å². The Morgan fingerprint density at radius 3 is 2.84 bits per heavy atom. The van der Waals surface area contributed by atoms with Crippen LogP contribution in [-0.2, 0) is 13.1 Å².